The molecule has 3 nitrogen and oxygen atoms in total. The van der Waals surface area contributed by atoms with Crippen molar-refractivity contribution >= 4 is 57.6 Å². The number of benzene rings is 2. The topological polar surface area (TPSA) is 36.4 Å². The van der Waals surface area contributed by atoms with Gasteiger partial charge in [0.15, 0.2) is 5.11 Å². The van der Waals surface area contributed by atoms with Crippen molar-refractivity contribution in [3.05, 3.63) is 65.0 Å². The lowest BCUT2D eigenvalue weighted by Gasteiger charge is -2.17. The summed E-state index contributed by atoms with van der Waals surface area (Å²) in [5.74, 6) is 0.359. The maximum Gasteiger partial charge on any atom is 0.191 e. The average molecular weight is 392 g/mol. The van der Waals surface area contributed by atoms with Crippen LogP contribution in [0, 0.1) is 12.7 Å². The van der Waals surface area contributed by atoms with Gasteiger partial charge in [0.25, 0.3) is 0 Å². The summed E-state index contributed by atoms with van der Waals surface area (Å²) in [5, 5.41) is 8.12. The maximum atomic E-state index is 13.4. The standard InChI is InChI=1S/C18H15ClFN3S2/c1-11-4-2-3-5-15(11)22-18(24)23-21-9-12-10-25-16-7-6-13(20)8-14(16)17(12)19/h2-9H,10H2,1H3,(H2,22,23,24)/b21-9+. The van der Waals surface area contributed by atoms with E-state index in [9.17, 15) is 4.39 Å². The summed E-state index contributed by atoms with van der Waals surface area (Å²) >= 11 is 13.2. The Kier molecular flexibility index (Phi) is 5.73. The van der Waals surface area contributed by atoms with Gasteiger partial charge in [-0.05, 0) is 49.0 Å². The van der Waals surface area contributed by atoms with E-state index in [1.165, 1.54) is 12.1 Å². The Morgan fingerprint density at radius 2 is 2.12 bits per heavy atom. The molecule has 0 bridgehead atoms. The molecule has 0 saturated heterocycles. The number of halogens is 2. The quantitative estimate of drug-likeness (QED) is 0.430. The van der Waals surface area contributed by atoms with Crippen molar-refractivity contribution in [1.82, 2.24) is 5.43 Å². The van der Waals surface area contributed by atoms with Crippen LogP contribution in [0.2, 0.25) is 0 Å². The molecule has 128 valence electrons. The molecule has 2 aromatic carbocycles. The van der Waals surface area contributed by atoms with Crippen LogP contribution >= 0.6 is 35.6 Å². The Bertz CT molecular complexity index is 880. The van der Waals surface area contributed by atoms with Gasteiger partial charge in [0.2, 0.25) is 0 Å². The Labute approximate surface area is 160 Å². The van der Waals surface area contributed by atoms with Crippen molar-refractivity contribution in [2.75, 3.05) is 11.1 Å². The lowest BCUT2D eigenvalue weighted by molar-refractivity contribution is 0.626. The summed E-state index contributed by atoms with van der Waals surface area (Å²) in [6.45, 7) is 1.99. The van der Waals surface area contributed by atoms with E-state index in [0.717, 1.165) is 21.7 Å². The summed E-state index contributed by atoms with van der Waals surface area (Å²) in [6.07, 6.45) is 1.62. The second-order valence-electron chi connectivity index (χ2n) is 5.41. The van der Waals surface area contributed by atoms with E-state index in [4.69, 9.17) is 23.8 Å². The first kappa shape index (κ1) is 17.9. The van der Waals surface area contributed by atoms with E-state index >= 15 is 0 Å². The van der Waals surface area contributed by atoms with Crippen LogP contribution in [-0.4, -0.2) is 17.1 Å². The lowest BCUT2D eigenvalue weighted by Crippen LogP contribution is -2.24. The molecule has 0 radical (unpaired) electrons. The number of aryl methyl sites for hydroxylation is 1. The van der Waals surface area contributed by atoms with Gasteiger partial charge in [-0.3, -0.25) is 5.43 Å². The number of anilines is 1. The smallest absolute Gasteiger partial charge is 0.191 e. The van der Waals surface area contributed by atoms with Crippen molar-refractivity contribution in [1.29, 1.82) is 0 Å². The number of fused-ring (bicyclic) bond motifs is 1. The minimum absolute atomic E-state index is 0.308. The van der Waals surface area contributed by atoms with E-state index in [1.54, 1.807) is 24.0 Å². The van der Waals surface area contributed by atoms with Crippen molar-refractivity contribution in [3.63, 3.8) is 0 Å². The molecule has 0 aromatic heterocycles. The van der Waals surface area contributed by atoms with Gasteiger partial charge in [0.1, 0.15) is 5.82 Å². The molecule has 1 aliphatic rings. The molecule has 1 aliphatic heterocycles. The fourth-order valence-corrected chi connectivity index (χ4v) is 3.90. The first-order valence-corrected chi connectivity index (χ1v) is 9.29. The third kappa shape index (κ3) is 4.39. The van der Waals surface area contributed by atoms with Crippen LogP contribution in [0.5, 0.6) is 0 Å². The highest BCUT2D eigenvalue weighted by molar-refractivity contribution is 7.99. The normalized spacial score (nSPS) is 13.7. The molecular formula is C18H15ClFN3S2. The predicted octanol–water partition coefficient (Wildman–Crippen LogP) is 5.16. The highest BCUT2D eigenvalue weighted by atomic mass is 35.5. The van der Waals surface area contributed by atoms with Gasteiger partial charge in [-0.2, -0.15) is 5.10 Å². The first-order chi connectivity index (χ1) is 12.0. The van der Waals surface area contributed by atoms with Crippen molar-refractivity contribution in [2.45, 2.75) is 11.8 Å². The molecule has 0 aliphatic carbocycles. The van der Waals surface area contributed by atoms with Crippen LogP contribution in [0.15, 0.2) is 58.0 Å². The summed E-state index contributed by atoms with van der Waals surface area (Å²) < 4.78 is 13.4. The molecule has 7 heteroatoms. The molecule has 0 spiro atoms. The summed E-state index contributed by atoms with van der Waals surface area (Å²) in [7, 11) is 0. The van der Waals surface area contributed by atoms with Gasteiger partial charge in [-0.25, -0.2) is 4.39 Å². The Morgan fingerprint density at radius 1 is 1.32 bits per heavy atom. The Morgan fingerprint density at radius 3 is 2.92 bits per heavy atom. The van der Waals surface area contributed by atoms with E-state index in [2.05, 4.69) is 15.8 Å². The minimum atomic E-state index is -0.308. The van der Waals surface area contributed by atoms with Crippen LogP contribution in [0.3, 0.4) is 0 Å². The highest BCUT2D eigenvalue weighted by Crippen LogP contribution is 2.38. The number of hydrogen-bond donors (Lipinski definition) is 2. The highest BCUT2D eigenvalue weighted by Gasteiger charge is 2.17. The molecule has 1 heterocycles. The minimum Gasteiger partial charge on any atom is -0.331 e. The van der Waals surface area contributed by atoms with E-state index < -0.39 is 0 Å². The number of para-hydroxylation sites is 1. The Balaban J connectivity index is 1.67. The number of nitrogens with one attached hydrogen (secondary N) is 2. The third-order valence-corrected chi connectivity index (χ3v) is 5.38. The molecule has 0 saturated carbocycles. The van der Waals surface area contributed by atoms with E-state index in [0.29, 0.717) is 21.5 Å². The molecule has 0 atom stereocenters. The zero-order valence-electron chi connectivity index (χ0n) is 13.3. The van der Waals surface area contributed by atoms with Crippen molar-refractivity contribution in [3.8, 4) is 0 Å². The number of thiocarbonyl (C=S) groups is 1. The van der Waals surface area contributed by atoms with Crippen LogP contribution in [0.25, 0.3) is 5.03 Å². The molecule has 2 aromatic rings. The first-order valence-electron chi connectivity index (χ1n) is 7.51. The number of thioether (sulfide) groups is 1. The van der Waals surface area contributed by atoms with Gasteiger partial charge in [-0.15, -0.1) is 11.8 Å². The third-order valence-electron chi connectivity index (χ3n) is 3.62. The molecular weight excluding hydrogens is 377 g/mol. The summed E-state index contributed by atoms with van der Waals surface area (Å²) in [6, 6.07) is 12.4. The van der Waals surface area contributed by atoms with Gasteiger partial charge in [-0.1, -0.05) is 29.8 Å². The fourth-order valence-electron chi connectivity index (χ4n) is 2.32. The van der Waals surface area contributed by atoms with E-state index in [1.807, 2.05) is 31.2 Å². The zero-order chi connectivity index (χ0) is 17.8. The monoisotopic (exact) mass is 391 g/mol. The van der Waals surface area contributed by atoms with E-state index in [-0.39, 0.29) is 5.82 Å². The number of nitrogens with zero attached hydrogens (tertiary/aromatic N) is 1. The largest absolute Gasteiger partial charge is 0.331 e. The van der Waals surface area contributed by atoms with Crippen molar-refractivity contribution < 1.29 is 4.39 Å². The second kappa shape index (κ2) is 7.99. The molecule has 2 N–H and O–H groups in total. The molecule has 0 amide bonds. The molecule has 0 fully saturated rings. The number of hydrazone groups is 1. The maximum absolute atomic E-state index is 13.4. The zero-order valence-corrected chi connectivity index (χ0v) is 15.7. The average Bonchev–Trinajstić information content (AvgIpc) is 2.59. The lowest BCUT2D eigenvalue weighted by atomic mass is 10.1. The van der Waals surface area contributed by atoms with Crippen LogP contribution in [0.4, 0.5) is 10.1 Å². The van der Waals surface area contributed by atoms with Gasteiger partial charge in [0, 0.05) is 27.5 Å². The van der Waals surface area contributed by atoms with Crippen LogP contribution in [0.1, 0.15) is 11.1 Å². The molecule has 0 unspecified atom stereocenters. The van der Waals surface area contributed by atoms with Gasteiger partial charge < -0.3 is 5.32 Å². The molecule has 25 heavy (non-hydrogen) atoms. The second-order valence-corrected chi connectivity index (χ2v) is 7.21. The van der Waals surface area contributed by atoms with Crippen molar-refractivity contribution in [2.24, 2.45) is 5.10 Å². The predicted molar refractivity (Wildman–Crippen MR) is 109 cm³/mol. The summed E-state index contributed by atoms with van der Waals surface area (Å²) in [4.78, 5) is 0.966. The summed E-state index contributed by atoms with van der Waals surface area (Å²) in [5.41, 5.74) is 6.29. The number of hydrogen-bond acceptors (Lipinski definition) is 3. The van der Waals surface area contributed by atoms with Crippen LogP contribution in [-0.2, 0) is 0 Å². The Hall–Kier alpha value is -1.89. The SMILES string of the molecule is Cc1ccccc1NC(=S)N/N=C/C1=C(Cl)c2cc(F)ccc2SC1. The van der Waals surface area contributed by atoms with Crippen LogP contribution < -0.4 is 10.7 Å². The van der Waals surface area contributed by atoms with Gasteiger partial charge in [0.05, 0.1) is 11.2 Å². The fraction of sp³-hybridized carbons (Fsp3) is 0.111. The molecule has 3 rings (SSSR count). The number of rotatable bonds is 3. The van der Waals surface area contributed by atoms with Gasteiger partial charge >= 0.3 is 0 Å².